The van der Waals surface area contributed by atoms with Crippen LogP contribution in [0.3, 0.4) is 0 Å². The predicted molar refractivity (Wildman–Crippen MR) is 64.0 cm³/mol. The minimum atomic E-state index is -0.120. The van der Waals surface area contributed by atoms with E-state index in [9.17, 15) is 0 Å². The lowest BCUT2D eigenvalue weighted by Crippen LogP contribution is -2.24. The zero-order valence-electron chi connectivity index (χ0n) is 8.79. The molecular formula is C10H19IO2. The molecule has 0 saturated carbocycles. The second-order valence-corrected chi connectivity index (χ2v) is 3.91. The maximum Gasteiger partial charge on any atom is 0.155 e. The van der Waals surface area contributed by atoms with E-state index in [4.69, 9.17) is 9.47 Å². The Bertz CT molecular complexity index is 146. The number of rotatable bonds is 6. The average molecular weight is 298 g/mol. The fourth-order valence-corrected chi connectivity index (χ4v) is 1.40. The molecule has 0 radical (unpaired) electrons. The molecule has 0 aromatic rings. The molecule has 2 nitrogen and oxygen atoms in total. The van der Waals surface area contributed by atoms with Crippen molar-refractivity contribution in [1.29, 1.82) is 0 Å². The summed E-state index contributed by atoms with van der Waals surface area (Å²) in [6.07, 6.45) is 2.09. The van der Waals surface area contributed by atoms with Crippen molar-refractivity contribution < 1.29 is 9.47 Å². The van der Waals surface area contributed by atoms with Crippen LogP contribution < -0.4 is 0 Å². The number of ether oxygens (including phenoxy) is 2. The third-order valence-electron chi connectivity index (χ3n) is 1.67. The molecule has 0 aromatic carbocycles. The van der Waals surface area contributed by atoms with E-state index in [1.165, 1.54) is 0 Å². The quantitative estimate of drug-likeness (QED) is 0.553. The molecule has 13 heavy (non-hydrogen) atoms. The smallest absolute Gasteiger partial charge is 0.155 e. The van der Waals surface area contributed by atoms with Gasteiger partial charge in [0.05, 0.1) is 6.10 Å². The monoisotopic (exact) mass is 298 g/mol. The van der Waals surface area contributed by atoms with Crippen molar-refractivity contribution in [1.82, 2.24) is 0 Å². The van der Waals surface area contributed by atoms with Crippen molar-refractivity contribution in [2.75, 3.05) is 6.61 Å². The van der Waals surface area contributed by atoms with E-state index in [1.54, 1.807) is 0 Å². The molecule has 0 aliphatic rings. The molecule has 2 unspecified atom stereocenters. The van der Waals surface area contributed by atoms with Crippen molar-refractivity contribution in [3.63, 3.8) is 0 Å². The molecule has 0 aliphatic carbocycles. The van der Waals surface area contributed by atoms with Crippen LogP contribution in [0.4, 0.5) is 0 Å². The van der Waals surface area contributed by atoms with Gasteiger partial charge >= 0.3 is 0 Å². The van der Waals surface area contributed by atoms with E-state index >= 15 is 0 Å². The molecule has 0 saturated heterocycles. The van der Waals surface area contributed by atoms with Crippen molar-refractivity contribution in [3.05, 3.63) is 10.2 Å². The lowest BCUT2D eigenvalue weighted by Gasteiger charge is -2.22. The lowest BCUT2D eigenvalue weighted by atomic mass is 10.1. The van der Waals surface area contributed by atoms with Gasteiger partial charge in [0, 0.05) is 6.61 Å². The first-order chi connectivity index (χ1) is 6.11. The van der Waals surface area contributed by atoms with Gasteiger partial charge in [-0.3, -0.25) is 0 Å². The summed E-state index contributed by atoms with van der Waals surface area (Å²) in [5.74, 6) is 0.480. The van der Waals surface area contributed by atoms with Crippen LogP contribution in [0.2, 0.25) is 0 Å². The maximum atomic E-state index is 5.68. The topological polar surface area (TPSA) is 18.5 Å². The lowest BCUT2D eigenvalue weighted by molar-refractivity contribution is -0.154. The number of halogens is 1. The summed E-state index contributed by atoms with van der Waals surface area (Å²) in [6.45, 7) is 8.87. The third kappa shape index (κ3) is 6.46. The maximum absolute atomic E-state index is 5.68. The van der Waals surface area contributed by atoms with E-state index in [1.807, 2.05) is 17.9 Å². The highest BCUT2D eigenvalue weighted by atomic mass is 127. The first-order valence-corrected chi connectivity index (χ1v) is 5.90. The fraction of sp³-hybridized carbons (Fsp3) is 0.800. The molecule has 0 spiro atoms. The van der Waals surface area contributed by atoms with Crippen molar-refractivity contribution >= 4 is 22.6 Å². The Morgan fingerprint density at radius 2 is 1.92 bits per heavy atom. The van der Waals surface area contributed by atoms with Gasteiger partial charge in [0.2, 0.25) is 0 Å². The highest BCUT2D eigenvalue weighted by molar-refractivity contribution is 14.1. The second-order valence-electron chi connectivity index (χ2n) is 3.19. The van der Waals surface area contributed by atoms with E-state index in [2.05, 4.69) is 42.5 Å². The molecule has 0 fully saturated rings. The van der Waals surface area contributed by atoms with Crippen LogP contribution in [0.15, 0.2) is 10.2 Å². The normalized spacial score (nSPS) is 16.8. The largest absolute Gasteiger partial charge is 0.353 e. The predicted octanol–water partition coefficient (Wildman–Crippen LogP) is 3.36. The minimum Gasteiger partial charge on any atom is -0.353 e. The molecule has 0 heterocycles. The summed E-state index contributed by atoms with van der Waals surface area (Å²) >= 11 is 2.20. The van der Waals surface area contributed by atoms with Crippen LogP contribution >= 0.6 is 22.6 Å². The van der Waals surface area contributed by atoms with Gasteiger partial charge < -0.3 is 9.47 Å². The average Bonchev–Trinajstić information content (AvgIpc) is 2.04. The first kappa shape index (κ1) is 13.4. The van der Waals surface area contributed by atoms with Crippen LogP contribution in [0, 0.1) is 5.92 Å². The second kappa shape index (κ2) is 7.76. The van der Waals surface area contributed by atoms with Gasteiger partial charge in [-0.15, -0.1) is 0 Å². The van der Waals surface area contributed by atoms with Crippen molar-refractivity contribution in [2.24, 2.45) is 5.92 Å². The third-order valence-corrected chi connectivity index (χ3v) is 2.08. The van der Waals surface area contributed by atoms with Crippen LogP contribution in [-0.4, -0.2) is 19.0 Å². The van der Waals surface area contributed by atoms with Gasteiger partial charge in [-0.1, -0.05) is 36.4 Å². The molecule has 0 rings (SSSR count). The van der Waals surface area contributed by atoms with Gasteiger partial charge in [-0.25, -0.2) is 0 Å². The Labute approximate surface area is 94.8 Å². The van der Waals surface area contributed by atoms with E-state index in [0.29, 0.717) is 12.5 Å². The molecule has 0 amide bonds. The van der Waals surface area contributed by atoms with Crippen LogP contribution in [0.5, 0.6) is 0 Å². The Hall–Kier alpha value is 0.390. The summed E-state index contributed by atoms with van der Waals surface area (Å²) in [5.41, 5.74) is 0. The molecule has 0 N–H and O–H groups in total. The van der Waals surface area contributed by atoms with Gasteiger partial charge in [0.1, 0.15) is 0 Å². The van der Waals surface area contributed by atoms with Crippen LogP contribution in [0.1, 0.15) is 27.7 Å². The van der Waals surface area contributed by atoms with Gasteiger partial charge in [-0.05, 0) is 29.9 Å². The number of hydrogen-bond acceptors (Lipinski definition) is 2. The standard InChI is InChI=1S/C10H19IO2/c1-5-12-9(4)13-10(6-7-11)8(2)3/h6-10H,5H2,1-4H3/b7-6+. The first-order valence-electron chi connectivity index (χ1n) is 4.65. The fourth-order valence-electron chi connectivity index (χ4n) is 0.992. The molecule has 0 aliphatic heterocycles. The Balaban J connectivity index is 3.94. The van der Waals surface area contributed by atoms with Gasteiger partial charge in [0.15, 0.2) is 6.29 Å². The summed E-state index contributed by atoms with van der Waals surface area (Å²) in [4.78, 5) is 0. The van der Waals surface area contributed by atoms with Crippen LogP contribution in [-0.2, 0) is 9.47 Å². The summed E-state index contributed by atoms with van der Waals surface area (Å²) < 4.78 is 13.0. The molecule has 0 aromatic heterocycles. The van der Waals surface area contributed by atoms with Gasteiger partial charge in [-0.2, -0.15) is 0 Å². The summed E-state index contributed by atoms with van der Waals surface area (Å²) in [6, 6.07) is 0. The van der Waals surface area contributed by atoms with Crippen LogP contribution in [0.25, 0.3) is 0 Å². The Kier molecular flexibility index (Phi) is 8.00. The minimum absolute atomic E-state index is 0.120. The van der Waals surface area contributed by atoms with E-state index in [0.717, 1.165) is 0 Å². The van der Waals surface area contributed by atoms with E-state index in [-0.39, 0.29) is 12.4 Å². The van der Waals surface area contributed by atoms with E-state index < -0.39 is 0 Å². The number of hydrogen-bond donors (Lipinski definition) is 0. The summed E-state index contributed by atoms with van der Waals surface area (Å²) in [7, 11) is 0. The van der Waals surface area contributed by atoms with Crippen molar-refractivity contribution in [2.45, 2.75) is 40.1 Å². The highest BCUT2D eigenvalue weighted by Gasteiger charge is 2.13. The molecular weight excluding hydrogens is 279 g/mol. The molecule has 78 valence electrons. The highest BCUT2D eigenvalue weighted by Crippen LogP contribution is 2.12. The molecule has 2 atom stereocenters. The summed E-state index contributed by atoms with van der Waals surface area (Å²) in [5, 5.41) is 0. The van der Waals surface area contributed by atoms with Crippen molar-refractivity contribution in [3.8, 4) is 0 Å². The SMILES string of the molecule is CCOC(C)OC(/C=C/I)C(C)C. The zero-order valence-corrected chi connectivity index (χ0v) is 10.9. The molecule has 3 heteroatoms. The molecule has 0 bridgehead atoms. The Morgan fingerprint density at radius 1 is 1.31 bits per heavy atom. The Morgan fingerprint density at radius 3 is 2.31 bits per heavy atom. The van der Waals surface area contributed by atoms with Gasteiger partial charge in [0.25, 0.3) is 0 Å². The zero-order chi connectivity index (χ0) is 10.3.